The second kappa shape index (κ2) is 6.01. The molecule has 0 saturated carbocycles. The van der Waals surface area contributed by atoms with Crippen molar-refractivity contribution in [3.63, 3.8) is 0 Å². The third kappa shape index (κ3) is 4.20. The highest BCUT2D eigenvalue weighted by Crippen LogP contribution is 2.26. The molecule has 0 bridgehead atoms. The lowest BCUT2D eigenvalue weighted by Gasteiger charge is -2.29. The van der Waals surface area contributed by atoms with Crippen molar-refractivity contribution in [1.82, 2.24) is 9.97 Å². The SMILES string of the molecule is COc1cc(OC)nc(OC(C(N)=S)C(C)(C)C)n1. The van der Waals surface area contributed by atoms with Gasteiger partial charge in [0.2, 0.25) is 11.8 Å². The third-order valence-electron chi connectivity index (χ3n) is 2.35. The Bertz CT molecular complexity index is 438. The van der Waals surface area contributed by atoms with Gasteiger partial charge < -0.3 is 19.9 Å². The molecule has 0 aliphatic heterocycles. The zero-order valence-corrected chi connectivity index (χ0v) is 12.6. The van der Waals surface area contributed by atoms with Gasteiger partial charge in [0.25, 0.3) is 0 Å². The summed E-state index contributed by atoms with van der Waals surface area (Å²) in [6, 6.07) is 1.67. The monoisotopic (exact) mass is 285 g/mol. The van der Waals surface area contributed by atoms with Crippen molar-refractivity contribution >= 4 is 17.2 Å². The lowest BCUT2D eigenvalue weighted by Crippen LogP contribution is -2.43. The van der Waals surface area contributed by atoms with Crippen LogP contribution in [-0.4, -0.2) is 35.3 Å². The number of ether oxygens (including phenoxy) is 3. The van der Waals surface area contributed by atoms with E-state index in [1.165, 1.54) is 14.2 Å². The molecule has 0 aromatic carbocycles. The van der Waals surface area contributed by atoms with Gasteiger partial charge in [-0.15, -0.1) is 0 Å². The number of thiocarbonyl (C=S) groups is 1. The van der Waals surface area contributed by atoms with Crippen LogP contribution in [0.3, 0.4) is 0 Å². The summed E-state index contributed by atoms with van der Waals surface area (Å²) in [5.41, 5.74) is 5.43. The molecule has 1 unspecified atom stereocenters. The normalized spacial score (nSPS) is 12.7. The maximum absolute atomic E-state index is 5.70. The first-order valence-electron chi connectivity index (χ1n) is 5.71. The molecule has 19 heavy (non-hydrogen) atoms. The van der Waals surface area contributed by atoms with Crippen molar-refractivity contribution in [2.24, 2.45) is 11.1 Å². The number of methoxy groups -OCH3 is 2. The molecular formula is C12H19N3O3S. The van der Waals surface area contributed by atoms with Crippen LogP contribution in [0.15, 0.2) is 6.07 Å². The van der Waals surface area contributed by atoms with Crippen molar-refractivity contribution in [1.29, 1.82) is 0 Å². The Kier molecular flexibility index (Phi) is 4.88. The summed E-state index contributed by atoms with van der Waals surface area (Å²) in [6.07, 6.45) is -0.487. The van der Waals surface area contributed by atoms with Gasteiger partial charge in [-0.1, -0.05) is 33.0 Å². The molecule has 0 fully saturated rings. The Morgan fingerprint density at radius 3 is 2.00 bits per heavy atom. The van der Waals surface area contributed by atoms with E-state index in [9.17, 15) is 0 Å². The summed E-state index contributed by atoms with van der Waals surface area (Å²) < 4.78 is 15.8. The maximum atomic E-state index is 5.70. The van der Waals surface area contributed by atoms with Gasteiger partial charge in [0.1, 0.15) is 4.99 Å². The van der Waals surface area contributed by atoms with Crippen molar-refractivity contribution in [2.75, 3.05) is 14.2 Å². The van der Waals surface area contributed by atoms with Crippen LogP contribution in [0, 0.1) is 5.41 Å². The predicted molar refractivity (Wildman–Crippen MR) is 75.8 cm³/mol. The Labute approximate surface area is 118 Å². The molecular weight excluding hydrogens is 266 g/mol. The van der Waals surface area contributed by atoms with Crippen LogP contribution in [0.25, 0.3) is 0 Å². The minimum absolute atomic E-state index is 0.115. The van der Waals surface area contributed by atoms with E-state index >= 15 is 0 Å². The van der Waals surface area contributed by atoms with E-state index < -0.39 is 6.10 Å². The molecule has 0 radical (unpaired) electrons. The van der Waals surface area contributed by atoms with Crippen LogP contribution < -0.4 is 19.9 Å². The summed E-state index contributed by atoms with van der Waals surface area (Å²) in [7, 11) is 3.00. The Hall–Kier alpha value is -1.63. The lowest BCUT2D eigenvalue weighted by molar-refractivity contribution is 0.132. The van der Waals surface area contributed by atoms with Gasteiger partial charge in [-0.05, 0) is 0 Å². The average molecular weight is 285 g/mol. The van der Waals surface area contributed by atoms with E-state index in [1.54, 1.807) is 6.07 Å². The fourth-order valence-electron chi connectivity index (χ4n) is 1.41. The van der Waals surface area contributed by atoms with Gasteiger partial charge in [-0.2, -0.15) is 9.97 Å². The predicted octanol–water partition coefficient (Wildman–Crippen LogP) is 1.57. The summed E-state index contributed by atoms with van der Waals surface area (Å²) >= 11 is 5.02. The van der Waals surface area contributed by atoms with E-state index in [-0.39, 0.29) is 16.4 Å². The van der Waals surface area contributed by atoms with E-state index in [2.05, 4.69) is 9.97 Å². The van der Waals surface area contributed by atoms with Gasteiger partial charge >= 0.3 is 6.01 Å². The third-order valence-corrected chi connectivity index (χ3v) is 2.56. The largest absolute Gasteiger partial charge is 0.481 e. The van der Waals surface area contributed by atoms with E-state index in [4.69, 9.17) is 32.2 Å². The summed E-state index contributed by atoms with van der Waals surface area (Å²) in [5, 5.41) is 0. The topological polar surface area (TPSA) is 79.5 Å². The Morgan fingerprint density at radius 2 is 1.68 bits per heavy atom. The smallest absolute Gasteiger partial charge is 0.323 e. The minimum Gasteiger partial charge on any atom is -0.481 e. The van der Waals surface area contributed by atoms with E-state index in [1.807, 2.05) is 20.8 Å². The van der Waals surface area contributed by atoms with Crippen LogP contribution >= 0.6 is 12.2 Å². The Morgan fingerprint density at radius 1 is 1.21 bits per heavy atom. The number of nitrogens with zero attached hydrogens (tertiary/aromatic N) is 2. The first kappa shape index (κ1) is 15.4. The van der Waals surface area contributed by atoms with Gasteiger partial charge in [0, 0.05) is 5.41 Å². The molecule has 1 rings (SSSR count). The fourth-order valence-corrected chi connectivity index (χ4v) is 1.81. The highest BCUT2D eigenvalue weighted by molar-refractivity contribution is 7.80. The molecule has 2 N–H and O–H groups in total. The molecule has 0 aliphatic rings. The number of nitrogens with two attached hydrogens (primary N) is 1. The first-order valence-corrected chi connectivity index (χ1v) is 6.11. The first-order chi connectivity index (χ1) is 8.77. The second-order valence-corrected chi connectivity index (χ2v) is 5.47. The molecule has 6 nitrogen and oxygen atoms in total. The lowest BCUT2D eigenvalue weighted by atomic mass is 9.89. The molecule has 7 heteroatoms. The summed E-state index contributed by atoms with van der Waals surface area (Å²) in [4.78, 5) is 8.42. The summed E-state index contributed by atoms with van der Waals surface area (Å²) in [6.45, 7) is 5.90. The average Bonchev–Trinajstić information content (AvgIpc) is 2.33. The highest BCUT2D eigenvalue weighted by Gasteiger charge is 2.30. The van der Waals surface area contributed by atoms with Crippen LogP contribution in [0.5, 0.6) is 17.8 Å². The molecule has 1 heterocycles. The molecule has 0 amide bonds. The molecule has 1 atom stereocenters. The van der Waals surface area contributed by atoms with E-state index in [0.29, 0.717) is 11.8 Å². The standard InChI is InChI=1S/C12H19N3O3S/c1-12(2,3)9(10(13)19)18-11-14-7(16-4)6-8(15-11)17-5/h6,9H,1-5H3,(H2,13,19). The van der Waals surface area contributed by atoms with Crippen LogP contribution in [0.4, 0.5) is 0 Å². The zero-order chi connectivity index (χ0) is 14.6. The van der Waals surface area contributed by atoms with Crippen molar-refractivity contribution in [3.05, 3.63) is 6.07 Å². The number of rotatable bonds is 5. The van der Waals surface area contributed by atoms with E-state index in [0.717, 1.165) is 0 Å². The zero-order valence-electron chi connectivity index (χ0n) is 11.8. The fraction of sp³-hybridized carbons (Fsp3) is 0.583. The van der Waals surface area contributed by atoms with Gasteiger partial charge in [-0.25, -0.2) is 0 Å². The molecule has 1 aromatic heterocycles. The molecule has 0 spiro atoms. The van der Waals surface area contributed by atoms with Gasteiger partial charge in [0.05, 0.1) is 20.3 Å². The van der Waals surface area contributed by atoms with Crippen LogP contribution in [-0.2, 0) is 0 Å². The minimum atomic E-state index is -0.487. The molecule has 1 aromatic rings. The molecule has 0 saturated heterocycles. The quantitative estimate of drug-likeness (QED) is 0.822. The van der Waals surface area contributed by atoms with Crippen LogP contribution in [0.2, 0.25) is 0 Å². The number of aromatic nitrogens is 2. The maximum Gasteiger partial charge on any atom is 0.323 e. The number of hydrogen-bond donors (Lipinski definition) is 1. The van der Waals surface area contributed by atoms with Crippen molar-refractivity contribution < 1.29 is 14.2 Å². The van der Waals surface area contributed by atoms with Gasteiger partial charge in [0.15, 0.2) is 6.10 Å². The molecule has 106 valence electrons. The number of hydrogen-bond acceptors (Lipinski definition) is 6. The van der Waals surface area contributed by atoms with Crippen molar-refractivity contribution in [2.45, 2.75) is 26.9 Å². The highest BCUT2D eigenvalue weighted by atomic mass is 32.1. The molecule has 0 aliphatic carbocycles. The Balaban J connectivity index is 3.05. The van der Waals surface area contributed by atoms with Crippen molar-refractivity contribution in [3.8, 4) is 17.8 Å². The second-order valence-electron chi connectivity index (χ2n) is 5.00. The van der Waals surface area contributed by atoms with Gasteiger partial charge in [-0.3, -0.25) is 0 Å². The summed E-state index contributed by atoms with van der Waals surface area (Å²) in [5.74, 6) is 0.690. The van der Waals surface area contributed by atoms with Crippen LogP contribution in [0.1, 0.15) is 20.8 Å².